The molecule has 3 aromatic rings. The second-order valence-corrected chi connectivity index (χ2v) is 6.13. The molecule has 3 rings (SSSR count). The van der Waals surface area contributed by atoms with Gasteiger partial charge in [0.15, 0.2) is 5.11 Å². The molecular weight excluding hydrogens is 364 g/mol. The number of carbonyl (C=O) groups is 1. The molecule has 0 atom stereocenters. The molecule has 0 aliphatic rings. The maximum Gasteiger partial charge on any atom is 0.257 e. The Kier molecular flexibility index (Phi) is 5.42. The van der Waals surface area contributed by atoms with Gasteiger partial charge >= 0.3 is 0 Å². The van der Waals surface area contributed by atoms with Crippen LogP contribution in [0.5, 0.6) is 17.2 Å². The molecule has 0 saturated carbocycles. The molecule has 0 aliphatic heterocycles. The summed E-state index contributed by atoms with van der Waals surface area (Å²) in [4.78, 5) is 12.5. The number of carbonyl (C=O) groups excluding carboxylic acids is 1. The SMILES string of the molecule is COc1cc(OC)cc(C(=O)NC(=S)Nc2cccc3cc(O)ccc23)c1. The zero-order valence-electron chi connectivity index (χ0n) is 14.8. The number of benzene rings is 3. The largest absolute Gasteiger partial charge is 0.508 e. The Morgan fingerprint density at radius 3 is 2.37 bits per heavy atom. The van der Waals surface area contributed by atoms with Crippen molar-refractivity contribution >= 4 is 39.7 Å². The van der Waals surface area contributed by atoms with Gasteiger partial charge in [0.1, 0.15) is 17.2 Å². The van der Waals surface area contributed by atoms with Gasteiger partial charge in [0.05, 0.1) is 14.2 Å². The molecule has 0 saturated heterocycles. The van der Waals surface area contributed by atoms with Crippen molar-refractivity contribution in [1.29, 1.82) is 0 Å². The molecule has 0 aromatic heterocycles. The van der Waals surface area contributed by atoms with Crippen LogP contribution < -0.4 is 20.1 Å². The van der Waals surface area contributed by atoms with E-state index in [0.717, 1.165) is 16.5 Å². The number of anilines is 1. The molecule has 6 nitrogen and oxygen atoms in total. The number of ether oxygens (including phenoxy) is 2. The number of aromatic hydroxyl groups is 1. The van der Waals surface area contributed by atoms with Crippen LogP contribution in [0.25, 0.3) is 10.8 Å². The Morgan fingerprint density at radius 2 is 1.70 bits per heavy atom. The van der Waals surface area contributed by atoms with Crippen molar-refractivity contribution in [1.82, 2.24) is 5.32 Å². The number of nitrogens with one attached hydrogen (secondary N) is 2. The smallest absolute Gasteiger partial charge is 0.257 e. The van der Waals surface area contributed by atoms with Crippen LogP contribution in [0.4, 0.5) is 5.69 Å². The van der Waals surface area contributed by atoms with Crippen molar-refractivity contribution in [3.8, 4) is 17.2 Å². The van der Waals surface area contributed by atoms with E-state index in [4.69, 9.17) is 21.7 Å². The van der Waals surface area contributed by atoms with Crippen molar-refractivity contribution in [3.05, 3.63) is 60.2 Å². The number of phenolic OH excluding ortho intramolecular Hbond substituents is 1. The number of amides is 1. The Morgan fingerprint density at radius 1 is 1.00 bits per heavy atom. The van der Waals surface area contributed by atoms with Gasteiger partial charge in [0.2, 0.25) is 0 Å². The highest BCUT2D eigenvalue weighted by atomic mass is 32.1. The van der Waals surface area contributed by atoms with Gasteiger partial charge in [0, 0.05) is 22.7 Å². The van der Waals surface area contributed by atoms with Crippen molar-refractivity contribution < 1.29 is 19.4 Å². The lowest BCUT2D eigenvalue weighted by Gasteiger charge is -2.13. The van der Waals surface area contributed by atoms with Crippen LogP contribution in [0.3, 0.4) is 0 Å². The molecular formula is C20H18N2O4S. The third-order valence-corrected chi connectivity index (χ3v) is 4.16. The van der Waals surface area contributed by atoms with Crippen LogP contribution >= 0.6 is 12.2 Å². The van der Waals surface area contributed by atoms with Crippen LogP contribution in [0.1, 0.15) is 10.4 Å². The van der Waals surface area contributed by atoms with Crippen molar-refractivity contribution in [2.75, 3.05) is 19.5 Å². The van der Waals surface area contributed by atoms with Crippen LogP contribution in [-0.4, -0.2) is 30.3 Å². The van der Waals surface area contributed by atoms with Crippen LogP contribution in [0, 0.1) is 0 Å². The molecule has 3 N–H and O–H groups in total. The Labute approximate surface area is 161 Å². The summed E-state index contributed by atoms with van der Waals surface area (Å²) in [5.41, 5.74) is 1.08. The minimum Gasteiger partial charge on any atom is -0.508 e. The second kappa shape index (κ2) is 7.92. The summed E-state index contributed by atoms with van der Waals surface area (Å²) in [6.07, 6.45) is 0. The van der Waals surface area contributed by atoms with E-state index in [2.05, 4.69) is 10.6 Å². The summed E-state index contributed by atoms with van der Waals surface area (Å²) < 4.78 is 10.4. The topological polar surface area (TPSA) is 79.8 Å². The van der Waals surface area contributed by atoms with E-state index in [-0.39, 0.29) is 16.8 Å². The highest BCUT2D eigenvalue weighted by Gasteiger charge is 2.12. The average molecular weight is 382 g/mol. The third-order valence-electron chi connectivity index (χ3n) is 3.95. The van der Waals surface area contributed by atoms with Gasteiger partial charge in [-0.1, -0.05) is 12.1 Å². The Hall–Kier alpha value is -3.32. The van der Waals surface area contributed by atoms with E-state index in [9.17, 15) is 9.90 Å². The first-order valence-corrected chi connectivity index (χ1v) is 8.48. The molecule has 0 heterocycles. The number of hydrogen-bond acceptors (Lipinski definition) is 5. The standard InChI is InChI=1S/C20H18N2O4S/c1-25-15-9-13(10-16(11-15)26-2)19(24)22-20(27)21-18-5-3-4-12-8-14(23)6-7-17(12)18/h3-11,23H,1-2H3,(H2,21,22,24,27). The van der Waals surface area contributed by atoms with Crippen molar-refractivity contribution in [2.45, 2.75) is 0 Å². The van der Waals surface area contributed by atoms with Gasteiger partial charge in [0.25, 0.3) is 5.91 Å². The number of phenols is 1. The van der Waals surface area contributed by atoms with Crippen LogP contribution in [0.15, 0.2) is 54.6 Å². The number of hydrogen-bond donors (Lipinski definition) is 3. The fourth-order valence-corrected chi connectivity index (χ4v) is 2.85. The summed E-state index contributed by atoms with van der Waals surface area (Å²) in [7, 11) is 3.03. The van der Waals surface area contributed by atoms with Crippen LogP contribution in [-0.2, 0) is 0 Å². The number of fused-ring (bicyclic) bond motifs is 1. The molecule has 0 fully saturated rings. The second-order valence-electron chi connectivity index (χ2n) is 5.72. The van der Waals surface area contributed by atoms with Gasteiger partial charge in [-0.05, 0) is 54.0 Å². The lowest BCUT2D eigenvalue weighted by atomic mass is 10.1. The zero-order valence-corrected chi connectivity index (χ0v) is 15.6. The van der Waals surface area contributed by atoms with E-state index in [1.54, 1.807) is 36.4 Å². The number of rotatable bonds is 4. The molecule has 0 aliphatic carbocycles. The molecule has 1 amide bonds. The lowest BCUT2D eigenvalue weighted by molar-refractivity contribution is 0.0977. The van der Waals surface area contributed by atoms with Gasteiger partial charge in [-0.15, -0.1) is 0 Å². The lowest BCUT2D eigenvalue weighted by Crippen LogP contribution is -2.34. The molecule has 0 bridgehead atoms. The Balaban J connectivity index is 1.77. The number of methoxy groups -OCH3 is 2. The summed E-state index contributed by atoms with van der Waals surface area (Å²) in [5.74, 6) is 0.810. The summed E-state index contributed by atoms with van der Waals surface area (Å²) >= 11 is 5.27. The van der Waals surface area contributed by atoms with E-state index in [0.29, 0.717) is 17.1 Å². The number of thiocarbonyl (C=S) groups is 1. The third kappa shape index (κ3) is 4.27. The van der Waals surface area contributed by atoms with Gasteiger partial charge in [-0.25, -0.2) is 0 Å². The summed E-state index contributed by atoms with van der Waals surface area (Å²) in [6, 6.07) is 15.5. The van der Waals surface area contributed by atoms with Crippen molar-refractivity contribution in [3.63, 3.8) is 0 Å². The normalized spacial score (nSPS) is 10.3. The van der Waals surface area contributed by atoms with Gasteiger partial charge < -0.3 is 19.9 Å². The van der Waals surface area contributed by atoms with Gasteiger partial charge in [-0.3, -0.25) is 10.1 Å². The molecule has 0 unspecified atom stereocenters. The first kappa shape index (κ1) is 18.5. The molecule has 7 heteroatoms. The van der Waals surface area contributed by atoms with Crippen molar-refractivity contribution in [2.24, 2.45) is 0 Å². The minimum atomic E-state index is -0.386. The quantitative estimate of drug-likeness (QED) is 0.597. The predicted octanol–water partition coefficient (Wildman–Crippen LogP) is 3.69. The first-order chi connectivity index (χ1) is 13.0. The van der Waals surface area contributed by atoms with E-state index in [1.165, 1.54) is 14.2 Å². The predicted molar refractivity (Wildman–Crippen MR) is 109 cm³/mol. The zero-order chi connectivity index (χ0) is 19.4. The Bertz CT molecular complexity index is 998. The molecule has 3 aromatic carbocycles. The molecule has 138 valence electrons. The van der Waals surface area contributed by atoms with Crippen LogP contribution in [0.2, 0.25) is 0 Å². The first-order valence-electron chi connectivity index (χ1n) is 8.07. The highest BCUT2D eigenvalue weighted by molar-refractivity contribution is 7.80. The summed E-state index contributed by atoms with van der Waals surface area (Å²) in [6.45, 7) is 0. The molecule has 0 spiro atoms. The molecule has 0 radical (unpaired) electrons. The minimum absolute atomic E-state index is 0.155. The molecule has 27 heavy (non-hydrogen) atoms. The average Bonchev–Trinajstić information content (AvgIpc) is 2.67. The highest BCUT2D eigenvalue weighted by Crippen LogP contribution is 2.26. The van der Waals surface area contributed by atoms with E-state index < -0.39 is 0 Å². The fourth-order valence-electron chi connectivity index (χ4n) is 2.65. The fraction of sp³-hybridized carbons (Fsp3) is 0.100. The maximum atomic E-state index is 12.5. The van der Waals surface area contributed by atoms with Gasteiger partial charge in [-0.2, -0.15) is 0 Å². The maximum absolute atomic E-state index is 12.5. The summed E-state index contributed by atoms with van der Waals surface area (Å²) in [5, 5.41) is 17.2. The van der Waals surface area contributed by atoms with E-state index in [1.807, 2.05) is 18.2 Å². The van der Waals surface area contributed by atoms with E-state index >= 15 is 0 Å². The monoisotopic (exact) mass is 382 g/mol.